The molecule has 5 rings (SSSR count). The van der Waals surface area contributed by atoms with Crippen LogP contribution in [0.5, 0.6) is 23.0 Å². The van der Waals surface area contributed by atoms with Crippen LogP contribution in [0.4, 0.5) is 33.3 Å². The van der Waals surface area contributed by atoms with Crippen molar-refractivity contribution in [1.82, 2.24) is 9.29 Å². The molecule has 0 radical (unpaired) electrons. The monoisotopic (exact) mass is 780 g/mol. The summed E-state index contributed by atoms with van der Waals surface area (Å²) in [6.45, 7) is 0.329. The van der Waals surface area contributed by atoms with Gasteiger partial charge < -0.3 is 29.2 Å². The summed E-state index contributed by atoms with van der Waals surface area (Å²) in [5.74, 6) is -1.61. The minimum Gasteiger partial charge on any atom is -0.497 e. The molecule has 290 valence electrons. The predicted molar refractivity (Wildman–Crippen MR) is 186 cm³/mol. The van der Waals surface area contributed by atoms with Crippen LogP contribution in [0.15, 0.2) is 71.9 Å². The topological polar surface area (TPSA) is 129 Å². The van der Waals surface area contributed by atoms with E-state index < -0.39 is 64.1 Å². The first-order chi connectivity index (χ1) is 25.6. The Hall–Kier alpha value is -5.20. The lowest BCUT2D eigenvalue weighted by Gasteiger charge is -2.27. The highest BCUT2D eigenvalue weighted by molar-refractivity contribution is 7.89. The molecule has 18 heteroatoms. The van der Waals surface area contributed by atoms with E-state index in [1.165, 1.54) is 46.3 Å². The minimum atomic E-state index is -5.03. The number of carbonyl (C=O) groups excluding carboxylic acids is 1. The van der Waals surface area contributed by atoms with Gasteiger partial charge in [-0.25, -0.2) is 22.2 Å². The number of aromatic nitrogens is 1. The largest absolute Gasteiger partial charge is 0.522 e. The van der Waals surface area contributed by atoms with Crippen LogP contribution in [-0.4, -0.2) is 77.1 Å². The summed E-state index contributed by atoms with van der Waals surface area (Å²) >= 11 is 0. The van der Waals surface area contributed by atoms with Crippen molar-refractivity contribution in [3.63, 3.8) is 0 Å². The second kappa shape index (κ2) is 16.4. The molecule has 1 saturated heterocycles. The third-order valence-corrected chi connectivity index (χ3v) is 10.5. The smallest absolute Gasteiger partial charge is 0.497 e. The number of ether oxygens (including phenoxy) is 5. The zero-order valence-corrected chi connectivity index (χ0v) is 30.6. The van der Waals surface area contributed by atoms with E-state index in [0.29, 0.717) is 34.1 Å². The first-order valence-corrected chi connectivity index (χ1v) is 17.7. The molecule has 0 spiro atoms. The second-order valence-corrected chi connectivity index (χ2v) is 14.0. The zero-order valence-electron chi connectivity index (χ0n) is 29.7. The van der Waals surface area contributed by atoms with Crippen molar-refractivity contribution in [2.24, 2.45) is 0 Å². The van der Waals surface area contributed by atoms with E-state index in [0.717, 1.165) is 28.7 Å². The van der Waals surface area contributed by atoms with Crippen molar-refractivity contribution in [3.8, 4) is 23.0 Å². The molecule has 3 aromatic carbocycles. The average molecular weight is 781 g/mol. The number of hydrogen-bond donors (Lipinski definition) is 1. The lowest BCUT2D eigenvalue weighted by atomic mass is 10.1. The molecule has 1 amide bonds. The molecule has 1 unspecified atom stereocenters. The maximum absolute atomic E-state index is 14.5. The Morgan fingerprint density at radius 3 is 2.02 bits per heavy atom. The van der Waals surface area contributed by atoms with Gasteiger partial charge in [-0.3, -0.25) is 9.53 Å². The van der Waals surface area contributed by atoms with E-state index >= 15 is 0 Å². The molecule has 1 aliphatic heterocycles. The second-order valence-electron chi connectivity index (χ2n) is 12.1. The van der Waals surface area contributed by atoms with Gasteiger partial charge in [0.05, 0.1) is 34.5 Å². The third-order valence-electron chi connectivity index (χ3n) is 8.77. The number of nitrogens with zero attached hydrogens (tertiary/aromatic N) is 3. The Bertz CT molecular complexity index is 2050. The lowest BCUT2D eigenvalue weighted by Crippen LogP contribution is -2.40. The van der Waals surface area contributed by atoms with Gasteiger partial charge in [-0.2, -0.15) is 4.31 Å². The molecule has 2 heterocycles. The van der Waals surface area contributed by atoms with E-state index in [1.807, 2.05) is 0 Å². The molecule has 1 aromatic heterocycles. The Morgan fingerprint density at radius 1 is 0.889 bits per heavy atom. The number of amides is 1. The van der Waals surface area contributed by atoms with Crippen LogP contribution in [0.1, 0.15) is 23.1 Å². The third kappa shape index (κ3) is 8.94. The SMILES string of the molecule is COc1ccc(CN(Cc2ccc(OC)cc2OC)S(=O)(=O)c2cc(NC(=O)C3C[C@@H](OC(F)(F)F)CN3c3ccc(F)c(F)c3C)ccn2)c(OC)c1. The van der Waals surface area contributed by atoms with Gasteiger partial charge >= 0.3 is 6.36 Å². The fourth-order valence-electron chi connectivity index (χ4n) is 6.10. The fourth-order valence-corrected chi connectivity index (χ4v) is 7.45. The van der Waals surface area contributed by atoms with Crippen molar-refractivity contribution < 1.29 is 58.8 Å². The number of benzene rings is 3. The summed E-state index contributed by atoms with van der Waals surface area (Å²) in [7, 11) is 1.31. The highest BCUT2D eigenvalue weighted by Gasteiger charge is 2.44. The normalized spacial score (nSPS) is 16.0. The maximum Gasteiger partial charge on any atom is 0.522 e. The fraction of sp³-hybridized carbons (Fsp3) is 0.333. The number of nitrogens with one attached hydrogen (secondary N) is 1. The number of rotatable bonds is 14. The highest BCUT2D eigenvalue weighted by atomic mass is 32.2. The summed E-state index contributed by atoms with van der Waals surface area (Å²) in [5.41, 5.74) is 0.657. The summed E-state index contributed by atoms with van der Waals surface area (Å²) in [5, 5.41) is 2.08. The first-order valence-electron chi connectivity index (χ1n) is 16.2. The van der Waals surface area contributed by atoms with E-state index in [2.05, 4.69) is 15.0 Å². The Morgan fingerprint density at radius 2 is 1.48 bits per heavy atom. The van der Waals surface area contributed by atoms with E-state index in [9.17, 15) is 35.2 Å². The number of pyridine rings is 1. The van der Waals surface area contributed by atoms with Crippen LogP contribution in [-0.2, 0) is 32.6 Å². The average Bonchev–Trinajstić information content (AvgIpc) is 3.55. The molecule has 2 atom stereocenters. The van der Waals surface area contributed by atoms with Crippen molar-refractivity contribution >= 4 is 27.3 Å². The van der Waals surface area contributed by atoms with Gasteiger partial charge in [0, 0.05) is 78.5 Å². The van der Waals surface area contributed by atoms with Gasteiger partial charge in [0.2, 0.25) is 5.91 Å². The quantitative estimate of drug-likeness (QED) is 0.148. The molecule has 12 nitrogen and oxygen atoms in total. The van der Waals surface area contributed by atoms with Crippen LogP contribution in [0.25, 0.3) is 0 Å². The number of halogens is 5. The molecule has 1 N–H and O–H groups in total. The summed E-state index contributed by atoms with van der Waals surface area (Å²) in [4.78, 5) is 19.0. The molecule has 0 aliphatic carbocycles. The first kappa shape index (κ1) is 40.0. The molecular weight excluding hydrogens is 743 g/mol. The van der Waals surface area contributed by atoms with E-state index in [-0.39, 0.29) is 30.0 Å². The molecule has 54 heavy (non-hydrogen) atoms. The Labute approximate surface area is 308 Å². The Kier molecular flexibility index (Phi) is 12.2. The van der Waals surface area contributed by atoms with Crippen LogP contribution < -0.4 is 29.2 Å². The molecule has 4 aromatic rings. The van der Waals surface area contributed by atoms with Crippen LogP contribution in [0.3, 0.4) is 0 Å². The van der Waals surface area contributed by atoms with Gasteiger partial charge in [0.15, 0.2) is 16.7 Å². The predicted octanol–water partition coefficient (Wildman–Crippen LogP) is 6.22. The van der Waals surface area contributed by atoms with Gasteiger partial charge in [-0.1, -0.05) is 12.1 Å². The van der Waals surface area contributed by atoms with Crippen LogP contribution in [0.2, 0.25) is 0 Å². The number of sulfonamides is 1. The number of hydrogen-bond acceptors (Lipinski definition) is 10. The van der Waals surface area contributed by atoms with Gasteiger partial charge in [0.25, 0.3) is 10.0 Å². The molecule has 1 aliphatic rings. The van der Waals surface area contributed by atoms with Gasteiger partial charge in [-0.05, 0) is 37.3 Å². The minimum absolute atomic E-state index is 0.0149. The lowest BCUT2D eigenvalue weighted by molar-refractivity contribution is -0.339. The van der Waals surface area contributed by atoms with Crippen molar-refractivity contribution in [2.45, 2.75) is 50.0 Å². The zero-order chi connectivity index (χ0) is 39.4. The van der Waals surface area contributed by atoms with Crippen molar-refractivity contribution in [2.75, 3.05) is 45.2 Å². The summed E-state index contributed by atoms with van der Waals surface area (Å²) < 4.78 is 124. The summed E-state index contributed by atoms with van der Waals surface area (Å²) in [6.07, 6.45) is -5.89. The molecule has 0 saturated carbocycles. The van der Waals surface area contributed by atoms with Gasteiger partial charge in [0.1, 0.15) is 29.0 Å². The number of methoxy groups -OCH3 is 4. The van der Waals surface area contributed by atoms with Crippen LogP contribution >= 0.6 is 0 Å². The van der Waals surface area contributed by atoms with Crippen molar-refractivity contribution in [3.05, 3.63) is 95.2 Å². The maximum atomic E-state index is 14.5. The van der Waals surface area contributed by atoms with Crippen LogP contribution in [0, 0.1) is 18.6 Å². The van der Waals surface area contributed by atoms with E-state index in [4.69, 9.17) is 18.9 Å². The van der Waals surface area contributed by atoms with E-state index in [1.54, 1.807) is 36.4 Å². The number of alkyl halides is 3. The molecular formula is C36H37F5N4O8S. The number of anilines is 2. The number of carbonyl (C=O) groups is 1. The molecule has 1 fully saturated rings. The Balaban J connectivity index is 1.48. The summed E-state index contributed by atoms with van der Waals surface area (Å²) in [6, 6.07) is 12.8. The van der Waals surface area contributed by atoms with Crippen molar-refractivity contribution in [1.29, 1.82) is 0 Å². The highest BCUT2D eigenvalue weighted by Crippen LogP contribution is 2.36. The molecule has 0 bridgehead atoms. The standard InChI is InChI=1S/C36H37F5N4O8S/c1-21-29(11-10-28(37)34(21)38)45-20-27(53-36(39,40)41)15-30(45)35(46)43-24-12-13-42-33(14-24)54(47,48)44(18-22-6-8-25(49-2)16-31(22)51-4)19-23-7-9-26(50-3)17-32(23)52-5/h6-14,16-17,27,30H,15,18-20H2,1-5H3,(H,42,43,46)/t27-,30?/m1/s1. The van der Waals surface area contributed by atoms with Gasteiger partial charge in [-0.15, -0.1) is 13.2 Å².